The van der Waals surface area contributed by atoms with Gasteiger partial charge >= 0.3 is 6.09 Å². The van der Waals surface area contributed by atoms with Crippen LogP contribution in [0.25, 0.3) is 0 Å². The third kappa shape index (κ3) is 6.66. The highest BCUT2D eigenvalue weighted by Gasteiger charge is 2.18. The summed E-state index contributed by atoms with van der Waals surface area (Å²) in [5.41, 5.74) is 0.304. The molecule has 120 valence electrons. The molecule has 7 heteroatoms. The van der Waals surface area contributed by atoms with Crippen molar-refractivity contribution in [1.82, 2.24) is 0 Å². The Labute approximate surface area is 152 Å². The third-order valence-electron chi connectivity index (χ3n) is 2.32. The first kappa shape index (κ1) is 20.7. The van der Waals surface area contributed by atoms with E-state index in [1.54, 1.807) is 39.0 Å². The van der Waals surface area contributed by atoms with Crippen LogP contribution in [0.5, 0.6) is 0 Å². The smallest absolute Gasteiger partial charge is 0.412 e. The van der Waals surface area contributed by atoms with Crippen molar-refractivity contribution < 1.29 is 9.53 Å². The second-order valence-corrected chi connectivity index (χ2v) is 6.40. The van der Waals surface area contributed by atoms with Gasteiger partial charge in [0, 0.05) is 0 Å². The number of nitriles is 1. The fourth-order valence-corrected chi connectivity index (χ4v) is 2.29. The van der Waals surface area contributed by atoms with Gasteiger partial charge in [0.1, 0.15) is 11.7 Å². The van der Waals surface area contributed by atoms with Crippen LogP contribution in [-0.2, 0) is 4.74 Å². The van der Waals surface area contributed by atoms with E-state index in [0.717, 1.165) is 0 Å². The highest BCUT2D eigenvalue weighted by atomic mass is 127. The van der Waals surface area contributed by atoms with Crippen molar-refractivity contribution in [3.63, 3.8) is 0 Å². The molecule has 1 aromatic rings. The van der Waals surface area contributed by atoms with Crippen molar-refractivity contribution in [1.29, 1.82) is 10.7 Å². The minimum Gasteiger partial charge on any atom is -0.444 e. The first-order valence-corrected chi connectivity index (χ1v) is 7.37. The molecule has 2 N–H and O–H groups in total. The van der Waals surface area contributed by atoms with E-state index in [2.05, 4.69) is 11.4 Å². The number of rotatable bonds is 3. The SMILES string of the molecule is CCC(=N)Sc1c(C#N)cccc1NC(=O)OC(C)(C)C.I. The molecule has 0 aliphatic carbocycles. The Balaban J connectivity index is 0.00000441. The molecule has 0 saturated carbocycles. The molecular weight excluding hydrogens is 413 g/mol. The largest absolute Gasteiger partial charge is 0.444 e. The molecule has 0 saturated heterocycles. The molecule has 22 heavy (non-hydrogen) atoms. The lowest BCUT2D eigenvalue weighted by Crippen LogP contribution is -2.27. The van der Waals surface area contributed by atoms with Crippen LogP contribution >= 0.6 is 35.7 Å². The van der Waals surface area contributed by atoms with Crippen LogP contribution < -0.4 is 5.32 Å². The molecule has 0 unspecified atom stereocenters. The quantitative estimate of drug-likeness (QED) is 0.304. The summed E-state index contributed by atoms with van der Waals surface area (Å²) in [6.45, 7) is 7.20. The standard InChI is InChI=1S/C15H19N3O2S.HI/c1-5-12(17)21-13-10(9-16)7-6-8-11(13)18-14(19)20-15(2,3)4;/h6-8,17H,5H2,1-4H3,(H,18,19);1H. The fourth-order valence-electron chi connectivity index (χ4n) is 1.44. The van der Waals surface area contributed by atoms with E-state index < -0.39 is 11.7 Å². The molecule has 0 radical (unpaired) electrons. The number of halogens is 1. The van der Waals surface area contributed by atoms with E-state index >= 15 is 0 Å². The summed E-state index contributed by atoms with van der Waals surface area (Å²) in [6, 6.07) is 7.11. The number of anilines is 1. The average molecular weight is 433 g/mol. The zero-order chi connectivity index (χ0) is 16.0. The molecule has 0 aliphatic heterocycles. The minimum absolute atomic E-state index is 0. The second-order valence-electron chi connectivity index (χ2n) is 5.30. The Hall–Kier alpha value is -1.27. The van der Waals surface area contributed by atoms with Gasteiger partial charge in [0.25, 0.3) is 0 Å². The number of nitrogens with one attached hydrogen (secondary N) is 2. The lowest BCUT2D eigenvalue weighted by atomic mass is 10.2. The first-order valence-electron chi connectivity index (χ1n) is 6.55. The second kappa shape index (κ2) is 9.00. The van der Waals surface area contributed by atoms with Gasteiger partial charge in [-0.15, -0.1) is 24.0 Å². The number of hydrogen-bond donors (Lipinski definition) is 2. The van der Waals surface area contributed by atoms with Crippen molar-refractivity contribution >= 4 is 52.6 Å². The molecular formula is C15H20IN3O2S. The van der Waals surface area contributed by atoms with Gasteiger partial charge in [-0.25, -0.2) is 4.79 Å². The number of thioether (sulfide) groups is 1. The van der Waals surface area contributed by atoms with Gasteiger partial charge in [-0.05, 0) is 39.3 Å². The maximum Gasteiger partial charge on any atom is 0.412 e. The summed E-state index contributed by atoms with van der Waals surface area (Å²) in [7, 11) is 0. The van der Waals surface area contributed by atoms with Crippen LogP contribution in [0, 0.1) is 16.7 Å². The van der Waals surface area contributed by atoms with Crippen molar-refractivity contribution in [3.05, 3.63) is 23.8 Å². The van der Waals surface area contributed by atoms with Crippen molar-refractivity contribution in [2.45, 2.75) is 44.6 Å². The van der Waals surface area contributed by atoms with Crippen LogP contribution in [0.3, 0.4) is 0 Å². The summed E-state index contributed by atoms with van der Waals surface area (Å²) in [5, 5.41) is 20.0. The maximum absolute atomic E-state index is 11.9. The van der Waals surface area contributed by atoms with Crippen LogP contribution in [-0.4, -0.2) is 16.7 Å². The van der Waals surface area contributed by atoms with Crippen LogP contribution in [0.4, 0.5) is 10.5 Å². The van der Waals surface area contributed by atoms with E-state index in [0.29, 0.717) is 27.6 Å². The molecule has 0 heterocycles. The van der Waals surface area contributed by atoms with Crippen molar-refractivity contribution in [2.75, 3.05) is 5.32 Å². The van der Waals surface area contributed by atoms with Crippen molar-refractivity contribution in [2.24, 2.45) is 0 Å². The van der Waals surface area contributed by atoms with Crippen LogP contribution in [0.2, 0.25) is 0 Å². The van der Waals surface area contributed by atoms with E-state index in [1.165, 1.54) is 11.8 Å². The molecule has 0 aliphatic rings. The first-order chi connectivity index (χ1) is 9.76. The van der Waals surface area contributed by atoms with Crippen LogP contribution in [0.1, 0.15) is 39.7 Å². The summed E-state index contributed by atoms with van der Waals surface area (Å²) in [6.07, 6.45) is -0.0153. The zero-order valence-corrected chi connectivity index (χ0v) is 16.2. The van der Waals surface area contributed by atoms with Gasteiger partial charge in [0.2, 0.25) is 0 Å². The fraction of sp³-hybridized carbons (Fsp3) is 0.400. The molecule has 0 bridgehead atoms. The minimum atomic E-state index is -0.597. The van der Waals surface area contributed by atoms with E-state index in [-0.39, 0.29) is 24.0 Å². The summed E-state index contributed by atoms with van der Waals surface area (Å²) in [5.74, 6) is 0. The molecule has 5 nitrogen and oxygen atoms in total. The third-order valence-corrected chi connectivity index (χ3v) is 3.50. The number of amides is 1. The number of carbonyl (C=O) groups excluding carboxylic acids is 1. The Bertz CT molecular complexity index is 591. The molecule has 1 aromatic carbocycles. The van der Waals surface area contributed by atoms with Crippen molar-refractivity contribution in [3.8, 4) is 6.07 Å². The number of nitrogens with zero attached hydrogens (tertiary/aromatic N) is 1. The highest BCUT2D eigenvalue weighted by molar-refractivity contribution is 14.0. The number of ether oxygens (including phenoxy) is 1. The highest BCUT2D eigenvalue weighted by Crippen LogP contribution is 2.32. The van der Waals surface area contributed by atoms with Gasteiger partial charge in [-0.1, -0.05) is 24.8 Å². The predicted molar refractivity (Wildman–Crippen MR) is 100 cm³/mol. The summed E-state index contributed by atoms with van der Waals surface area (Å²) in [4.78, 5) is 12.4. The topological polar surface area (TPSA) is 86.0 Å². The lowest BCUT2D eigenvalue weighted by Gasteiger charge is -2.20. The molecule has 0 aromatic heterocycles. The summed E-state index contributed by atoms with van der Waals surface area (Å²) >= 11 is 1.17. The van der Waals surface area contributed by atoms with Gasteiger partial charge in [-0.3, -0.25) is 10.7 Å². The number of hydrogen-bond acceptors (Lipinski definition) is 5. The Morgan fingerprint density at radius 1 is 1.45 bits per heavy atom. The lowest BCUT2D eigenvalue weighted by molar-refractivity contribution is 0.0635. The Morgan fingerprint density at radius 2 is 2.09 bits per heavy atom. The number of carbonyl (C=O) groups is 1. The van der Waals surface area contributed by atoms with E-state index in [1.807, 2.05) is 6.92 Å². The normalized spacial score (nSPS) is 10.1. The molecule has 0 spiro atoms. The van der Waals surface area contributed by atoms with E-state index in [4.69, 9.17) is 10.1 Å². The van der Waals surface area contributed by atoms with Crippen LogP contribution in [0.15, 0.2) is 23.1 Å². The Kier molecular flexibility index (Phi) is 8.48. The zero-order valence-electron chi connectivity index (χ0n) is 13.0. The van der Waals surface area contributed by atoms with E-state index in [9.17, 15) is 10.1 Å². The molecule has 0 atom stereocenters. The van der Waals surface area contributed by atoms with Gasteiger partial charge < -0.3 is 4.74 Å². The molecule has 1 rings (SSSR count). The molecule has 1 amide bonds. The van der Waals surface area contributed by atoms with Gasteiger partial charge in [0.05, 0.1) is 21.2 Å². The predicted octanol–water partition coefficient (Wildman–Crippen LogP) is 5.00. The molecule has 0 fully saturated rings. The van der Waals surface area contributed by atoms with Gasteiger partial charge in [0.15, 0.2) is 0 Å². The Morgan fingerprint density at radius 3 is 2.59 bits per heavy atom. The maximum atomic E-state index is 11.9. The summed E-state index contributed by atoms with van der Waals surface area (Å²) < 4.78 is 5.21. The van der Waals surface area contributed by atoms with Gasteiger partial charge in [-0.2, -0.15) is 5.26 Å². The number of benzene rings is 1. The average Bonchev–Trinajstić information content (AvgIpc) is 2.38. The monoisotopic (exact) mass is 433 g/mol.